The molecule has 2 rings (SSSR count). The Morgan fingerprint density at radius 2 is 2.29 bits per heavy atom. The van der Waals surface area contributed by atoms with Crippen molar-refractivity contribution in [2.24, 2.45) is 0 Å². The largest absolute Gasteiger partial charge is 0.371 e. The van der Waals surface area contributed by atoms with Gasteiger partial charge in [0.1, 0.15) is 5.60 Å². The standard InChI is InChI=1S/C14H21N3O4/c1-6-7-16-9(2)12(18)17(13(16)19)11-8-10(21-15-11)14(3,4)20-5/h6,8-9,12,18H,1,7H2,2-5H3. The van der Waals surface area contributed by atoms with Crippen molar-refractivity contribution in [2.45, 2.75) is 38.6 Å². The highest BCUT2D eigenvalue weighted by molar-refractivity contribution is 5.94. The van der Waals surface area contributed by atoms with Crippen LogP contribution in [0.15, 0.2) is 23.2 Å². The Balaban J connectivity index is 2.30. The third-order valence-corrected chi connectivity index (χ3v) is 3.81. The van der Waals surface area contributed by atoms with E-state index in [0.29, 0.717) is 12.3 Å². The zero-order valence-electron chi connectivity index (χ0n) is 12.7. The number of aromatic nitrogens is 1. The van der Waals surface area contributed by atoms with Crippen LogP contribution in [0.5, 0.6) is 0 Å². The first kappa shape index (κ1) is 15.5. The van der Waals surface area contributed by atoms with Crippen LogP contribution >= 0.6 is 0 Å². The molecule has 2 atom stereocenters. The van der Waals surface area contributed by atoms with E-state index in [1.807, 2.05) is 13.8 Å². The molecule has 0 radical (unpaired) electrons. The molecule has 0 saturated carbocycles. The molecule has 0 aliphatic carbocycles. The summed E-state index contributed by atoms with van der Waals surface area (Å²) in [5.74, 6) is 0.751. The predicted octanol–water partition coefficient (Wildman–Crippen LogP) is 1.69. The van der Waals surface area contributed by atoms with Crippen LogP contribution < -0.4 is 4.90 Å². The molecule has 1 aliphatic heterocycles. The molecule has 0 spiro atoms. The lowest BCUT2D eigenvalue weighted by Crippen LogP contribution is -2.35. The topological polar surface area (TPSA) is 79.0 Å². The Morgan fingerprint density at radius 3 is 2.86 bits per heavy atom. The molecule has 7 nitrogen and oxygen atoms in total. The number of methoxy groups -OCH3 is 1. The molecular formula is C14H21N3O4. The van der Waals surface area contributed by atoms with Gasteiger partial charge in [-0.25, -0.2) is 9.69 Å². The fraction of sp³-hybridized carbons (Fsp3) is 0.571. The summed E-state index contributed by atoms with van der Waals surface area (Å²) in [4.78, 5) is 15.1. The van der Waals surface area contributed by atoms with E-state index in [9.17, 15) is 9.90 Å². The van der Waals surface area contributed by atoms with Crippen LogP contribution in [-0.2, 0) is 10.3 Å². The second-order valence-corrected chi connectivity index (χ2v) is 5.51. The van der Waals surface area contributed by atoms with E-state index in [0.717, 1.165) is 0 Å². The summed E-state index contributed by atoms with van der Waals surface area (Å²) in [6.45, 7) is 9.40. The van der Waals surface area contributed by atoms with Gasteiger partial charge in [-0.2, -0.15) is 0 Å². The van der Waals surface area contributed by atoms with Gasteiger partial charge in [0.05, 0.1) is 6.04 Å². The lowest BCUT2D eigenvalue weighted by atomic mass is 10.1. The minimum Gasteiger partial charge on any atom is -0.371 e. The predicted molar refractivity (Wildman–Crippen MR) is 76.8 cm³/mol. The lowest BCUT2D eigenvalue weighted by Gasteiger charge is -2.18. The SMILES string of the molecule is C=CCN1C(=O)N(c2cc(C(C)(C)OC)on2)C(O)C1C. The molecule has 0 aromatic carbocycles. The second kappa shape index (κ2) is 5.50. The zero-order valence-corrected chi connectivity index (χ0v) is 12.7. The number of ether oxygens (including phenoxy) is 1. The number of amides is 2. The van der Waals surface area contributed by atoms with Crippen molar-refractivity contribution in [3.05, 3.63) is 24.5 Å². The maximum Gasteiger partial charge on any atom is 0.328 e. The van der Waals surface area contributed by atoms with Crippen LogP contribution in [0.1, 0.15) is 26.5 Å². The molecule has 21 heavy (non-hydrogen) atoms. The summed E-state index contributed by atoms with van der Waals surface area (Å²) in [5.41, 5.74) is -0.661. The first-order valence-corrected chi connectivity index (χ1v) is 6.74. The summed E-state index contributed by atoms with van der Waals surface area (Å²) in [7, 11) is 1.56. The van der Waals surface area contributed by atoms with Gasteiger partial charge < -0.3 is 19.3 Å². The summed E-state index contributed by atoms with van der Waals surface area (Å²) >= 11 is 0. The highest BCUT2D eigenvalue weighted by Gasteiger charge is 2.44. The third kappa shape index (κ3) is 2.54. The van der Waals surface area contributed by atoms with Crippen LogP contribution in [0.2, 0.25) is 0 Å². The van der Waals surface area contributed by atoms with Crippen LogP contribution in [0.3, 0.4) is 0 Å². The number of carbonyl (C=O) groups is 1. The van der Waals surface area contributed by atoms with Crippen molar-refractivity contribution < 1.29 is 19.2 Å². The molecule has 2 unspecified atom stereocenters. The molecule has 1 N–H and O–H groups in total. The van der Waals surface area contributed by atoms with E-state index in [2.05, 4.69) is 11.7 Å². The van der Waals surface area contributed by atoms with Gasteiger partial charge in [-0.1, -0.05) is 11.2 Å². The molecule has 0 bridgehead atoms. The summed E-state index contributed by atoms with van der Waals surface area (Å²) in [6, 6.07) is 0.922. The summed E-state index contributed by atoms with van der Waals surface area (Å²) in [5, 5.41) is 14.1. The lowest BCUT2D eigenvalue weighted by molar-refractivity contribution is -0.00346. The molecule has 1 aliphatic rings. The summed E-state index contributed by atoms with van der Waals surface area (Å²) < 4.78 is 10.6. The number of aliphatic hydroxyl groups is 1. The van der Waals surface area contributed by atoms with E-state index in [1.54, 1.807) is 26.2 Å². The monoisotopic (exact) mass is 295 g/mol. The fourth-order valence-electron chi connectivity index (χ4n) is 2.18. The Labute approximate surface area is 123 Å². The maximum absolute atomic E-state index is 12.4. The van der Waals surface area contributed by atoms with E-state index >= 15 is 0 Å². The highest BCUT2D eigenvalue weighted by atomic mass is 16.5. The van der Waals surface area contributed by atoms with Gasteiger partial charge in [-0.05, 0) is 20.8 Å². The van der Waals surface area contributed by atoms with Crippen LogP contribution in [0.4, 0.5) is 10.6 Å². The Hall–Kier alpha value is -1.86. The number of aliphatic hydroxyl groups excluding tert-OH is 1. The van der Waals surface area contributed by atoms with Crippen LogP contribution in [-0.4, -0.2) is 47.1 Å². The Kier molecular flexibility index (Phi) is 4.06. The molecule has 7 heteroatoms. The molecule has 1 aromatic heterocycles. The number of anilines is 1. The molecule has 116 valence electrons. The van der Waals surface area contributed by atoms with E-state index in [-0.39, 0.29) is 17.9 Å². The quantitative estimate of drug-likeness (QED) is 0.836. The number of carbonyl (C=O) groups excluding carboxylic acids is 1. The van der Waals surface area contributed by atoms with Crippen LogP contribution in [0.25, 0.3) is 0 Å². The van der Waals surface area contributed by atoms with Gasteiger partial charge in [0.25, 0.3) is 0 Å². The number of urea groups is 1. The van der Waals surface area contributed by atoms with Gasteiger partial charge in [0.2, 0.25) is 0 Å². The van der Waals surface area contributed by atoms with E-state index < -0.39 is 11.8 Å². The van der Waals surface area contributed by atoms with E-state index in [1.165, 1.54) is 9.80 Å². The normalized spacial score (nSPS) is 23.0. The van der Waals surface area contributed by atoms with Crippen molar-refractivity contribution in [3.63, 3.8) is 0 Å². The molecule has 1 aromatic rings. The maximum atomic E-state index is 12.4. The average molecular weight is 295 g/mol. The van der Waals surface area contributed by atoms with Gasteiger partial charge in [-0.3, -0.25) is 0 Å². The van der Waals surface area contributed by atoms with Crippen molar-refractivity contribution in [1.29, 1.82) is 0 Å². The van der Waals surface area contributed by atoms with Crippen molar-refractivity contribution >= 4 is 11.8 Å². The number of rotatable bonds is 5. The van der Waals surface area contributed by atoms with Gasteiger partial charge in [-0.15, -0.1) is 6.58 Å². The van der Waals surface area contributed by atoms with Crippen molar-refractivity contribution in [3.8, 4) is 0 Å². The van der Waals surface area contributed by atoms with Gasteiger partial charge in [0, 0.05) is 19.7 Å². The fourth-order valence-corrected chi connectivity index (χ4v) is 2.18. The zero-order chi connectivity index (χ0) is 15.8. The highest BCUT2D eigenvalue weighted by Crippen LogP contribution is 2.31. The molecule has 1 fully saturated rings. The average Bonchev–Trinajstić information content (AvgIpc) is 3.00. The van der Waals surface area contributed by atoms with Gasteiger partial charge in [0.15, 0.2) is 17.8 Å². The van der Waals surface area contributed by atoms with Crippen molar-refractivity contribution in [2.75, 3.05) is 18.6 Å². The first-order valence-electron chi connectivity index (χ1n) is 6.74. The van der Waals surface area contributed by atoms with E-state index in [4.69, 9.17) is 9.26 Å². The number of hydrogen-bond donors (Lipinski definition) is 1. The van der Waals surface area contributed by atoms with Crippen molar-refractivity contribution in [1.82, 2.24) is 10.1 Å². The summed E-state index contributed by atoms with van der Waals surface area (Å²) in [6.07, 6.45) is 0.633. The molecule has 1 saturated heterocycles. The Morgan fingerprint density at radius 1 is 1.62 bits per heavy atom. The number of nitrogens with zero attached hydrogens (tertiary/aromatic N) is 3. The minimum absolute atomic E-state index is 0.269. The molecular weight excluding hydrogens is 274 g/mol. The smallest absolute Gasteiger partial charge is 0.328 e. The molecule has 2 heterocycles. The molecule has 2 amide bonds. The second-order valence-electron chi connectivity index (χ2n) is 5.51. The van der Waals surface area contributed by atoms with Crippen LogP contribution in [0, 0.1) is 0 Å². The third-order valence-electron chi connectivity index (χ3n) is 3.81. The number of hydrogen-bond acceptors (Lipinski definition) is 5. The first-order chi connectivity index (χ1) is 9.83. The van der Waals surface area contributed by atoms with Gasteiger partial charge >= 0.3 is 6.03 Å². The Bertz CT molecular complexity index is 540. The minimum atomic E-state index is -0.985.